The monoisotopic (exact) mass is 304 g/mol. The molecule has 2 aliphatic heterocycles. The molecule has 1 saturated heterocycles. The van der Waals surface area contributed by atoms with Crippen LogP contribution in [-0.4, -0.2) is 22.4 Å². The van der Waals surface area contributed by atoms with Crippen LogP contribution in [0.15, 0.2) is 36.0 Å². The fourth-order valence-corrected chi connectivity index (χ4v) is 3.28. The van der Waals surface area contributed by atoms with E-state index in [1.807, 2.05) is 13.0 Å². The molecule has 0 amide bonds. The lowest BCUT2D eigenvalue weighted by Crippen LogP contribution is -2.24. The molecule has 22 heavy (non-hydrogen) atoms. The highest BCUT2D eigenvalue weighted by Gasteiger charge is 2.34. The summed E-state index contributed by atoms with van der Waals surface area (Å²) in [6.07, 6.45) is 14.7. The van der Waals surface area contributed by atoms with Crippen LogP contribution in [-0.2, 0) is 4.74 Å². The summed E-state index contributed by atoms with van der Waals surface area (Å²) in [5, 5.41) is 10.5. The summed E-state index contributed by atoms with van der Waals surface area (Å²) < 4.78 is 6.28. The van der Waals surface area contributed by atoms with Gasteiger partial charge in [-0.25, -0.2) is 0 Å². The molecule has 2 rings (SSSR count). The van der Waals surface area contributed by atoms with Crippen molar-refractivity contribution < 1.29 is 9.84 Å². The molecule has 2 bridgehead atoms. The Morgan fingerprint density at radius 2 is 2.00 bits per heavy atom. The number of hydrogen-bond donors (Lipinski definition) is 1. The molecule has 0 radical (unpaired) electrons. The first-order chi connectivity index (χ1) is 10.2. The van der Waals surface area contributed by atoms with Crippen LogP contribution in [0, 0.1) is 11.8 Å². The third kappa shape index (κ3) is 4.57. The molecule has 1 N–H and O–H groups in total. The van der Waals surface area contributed by atoms with E-state index in [1.54, 1.807) is 0 Å². The summed E-state index contributed by atoms with van der Waals surface area (Å²) in [4.78, 5) is 0. The highest BCUT2D eigenvalue weighted by molar-refractivity contribution is 5.16. The van der Waals surface area contributed by atoms with Crippen molar-refractivity contribution >= 4 is 0 Å². The van der Waals surface area contributed by atoms with Gasteiger partial charge >= 0.3 is 0 Å². The van der Waals surface area contributed by atoms with Crippen LogP contribution in [0.4, 0.5) is 0 Å². The average Bonchev–Trinajstić information content (AvgIpc) is 2.79. The Morgan fingerprint density at radius 3 is 2.68 bits per heavy atom. The van der Waals surface area contributed by atoms with Crippen LogP contribution in [0.3, 0.4) is 0 Å². The Labute approximate surface area is 136 Å². The van der Waals surface area contributed by atoms with E-state index in [9.17, 15) is 5.11 Å². The zero-order chi connectivity index (χ0) is 16.4. The van der Waals surface area contributed by atoms with Gasteiger partial charge in [0.25, 0.3) is 0 Å². The first kappa shape index (κ1) is 17.5. The second kappa shape index (κ2) is 6.72. The van der Waals surface area contributed by atoms with Crippen molar-refractivity contribution in [3.05, 3.63) is 36.0 Å². The maximum absolute atomic E-state index is 10.5. The number of fused-ring (bicyclic) bond motifs is 2. The quantitative estimate of drug-likeness (QED) is 0.705. The predicted octanol–water partition coefficient (Wildman–Crippen LogP) is 4.80. The summed E-state index contributed by atoms with van der Waals surface area (Å²) in [5.74, 6) is 1.02. The minimum atomic E-state index is -0.787. The van der Waals surface area contributed by atoms with Crippen LogP contribution in [0.5, 0.6) is 0 Å². The Balaban J connectivity index is 2.28. The molecule has 0 aliphatic carbocycles. The zero-order valence-electron chi connectivity index (χ0n) is 14.8. The minimum Gasteiger partial charge on any atom is -0.386 e. The molecular formula is C20H32O2. The van der Waals surface area contributed by atoms with Crippen LogP contribution >= 0.6 is 0 Å². The fourth-order valence-electron chi connectivity index (χ4n) is 3.28. The Morgan fingerprint density at radius 1 is 1.27 bits per heavy atom. The lowest BCUT2D eigenvalue weighted by Gasteiger charge is -2.22. The van der Waals surface area contributed by atoms with Crippen LogP contribution in [0.1, 0.15) is 60.3 Å². The lowest BCUT2D eigenvalue weighted by atomic mass is 9.88. The van der Waals surface area contributed by atoms with Gasteiger partial charge in [0.15, 0.2) is 0 Å². The topological polar surface area (TPSA) is 29.5 Å². The number of allylic oxidation sites excluding steroid dienone is 2. The van der Waals surface area contributed by atoms with Gasteiger partial charge < -0.3 is 9.84 Å². The van der Waals surface area contributed by atoms with Gasteiger partial charge in [0.2, 0.25) is 0 Å². The van der Waals surface area contributed by atoms with E-state index in [4.69, 9.17) is 4.74 Å². The molecule has 2 nitrogen and oxygen atoms in total. The van der Waals surface area contributed by atoms with Crippen LogP contribution < -0.4 is 0 Å². The standard InChI is InChI=1S/C20H32O2/c1-15(2)17-8-7-16(3)18-10-14-20(5,22-18)12-6-11-19(4,21)13-9-17/h6-7,9,12-13,15,17-18,21H,8,10-11,14H2,1-5H3/b12-6-,13-9+,16-7-/t17-,18-,19-,20+/m1/s1. The largest absolute Gasteiger partial charge is 0.386 e. The SMILES string of the molecule is C/C1=C/C[C@@H](C(C)C)/C=C/[C@](C)(O)C/C=C\[C@@]2(C)CC[C@H]1O2. The second-order valence-corrected chi connectivity index (χ2v) is 7.87. The Kier molecular flexibility index (Phi) is 5.34. The summed E-state index contributed by atoms with van der Waals surface area (Å²) in [5.41, 5.74) is 0.373. The molecule has 0 unspecified atom stereocenters. The van der Waals surface area contributed by atoms with Crippen molar-refractivity contribution in [2.75, 3.05) is 0 Å². The number of ether oxygens (including phenoxy) is 1. The van der Waals surface area contributed by atoms with Gasteiger partial charge in [-0.3, -0.25) is 0 Å². The van der Waals surface area contributed by atoms with Crippen molar-refractivity contribution in [1.29, 1.82) is 0 Å². The van der Waals surface area contributed by atoms with Gasteiger partial charge in [0.1, 0.15) is 0 Å². The molecule has 1 fully saturated rings. The van der Waals surface area contributed by atoms with E-state index in [2.05, 4.69) is 52.0 Å². The van der Waals surface area contributed by atoms with Gasteiger partial charge in [-0.1, -0.05) is 44.2 Å². The summed E-state index contributed by atoms with van der Waals surface area (Å²) >= 11 is 0. The third-order valence-electron chi connectivity index (χ3n) is 5.09. The van der Waals surface area contributed by atoms with Crippen LogP contribution in [0.25, 0.3) is 0 Å². The van der Waals surface area contributed by atoms with Crippen molar-refractivity contribution in [1.82, 2.24) is 0 Å². The molecule has 2 heterocycles. The van der Waals surface area contributed by atoms with E-state index < -0.39 is 5.60 Å². The van der Waals surface area contributed by atoms with Gasteiger partial charge in [-0.15, -0.1) is 0 Å². The molecule has 2 aliphatic rings. The molecule has 2 heteroatoms. The van der Waals surface area contributed by atoms with Gasteiger partial charge in [-0.2, -0.15) is 0 Å². The van der Waals surface area contributed by atoms with Gasteiger partial charge in [0, 0.05) is 0 Å². The molecule has 0 aromatic heterocycles. The number of rotatable bonds is 1. The van der Waals surface area contributed by atoms with Crippen molar-refractivity contribution in [2.24, 2.45) is 11.8 Å². The first-order valence-corrected chi connectivity index (χ1v) is 8.65. The maximum Gasteiger partial charge on any atom is 0.0843 e. The van der Waals surface area contributed by atoms with Gasteiger partial charge in [-0.05, 0) is 63.9 Å². The first-order valence-electron chi connectivity index (χ1n) is 8.65. The molecule has 4 atom stereocenters. The molecule has 0 aromatic rings. The summed E-state index contributed by atoms with van der Waals surface area (Å²) in [6.45, 7) is 10.7. The maximum atomic E-state index is 10.5. The second-order valence-electron chi connectivity index (χ2n) is 7.87. The van der Waals surface area contributed by atoms with Crippen molar-refractivity contribution in [3.63, 3.8) is 0 Å². The average molecular weight is 304 g/mol. The van der Waals surface area contributed by atoms with Crippen molar-refractivity contribution in [2.45, 2.75) is 77.6 Å². The lowest BCUT2D eigenvalue weighted by molar-refractivity contribution is 0.0213. The highest BCUT2D eigenvalue weighted by Crippen LogP contribution is 2.35. The van der Waals surface area contributed by atoms with Crippen LogP contribution in [0.2, 0.25) is 0 Å². The normalized spacial score (nSPS) is 45.3. The zero-order valence-corrected chi connectivity index (χ0v) is 14.8. The third-order valence-corrected chi connectivity index (χ3v) is 5.09. The molecule has 0 aromatic carbocycles. The molecule has 0 spiro atoms. The summed E-state index contributed by atoms with van der Waals surface area (Å²) in [7, 11) is 0. The Bertz CT molecular complexity index is 470. The van der Waals surface area contributed by atoms with E-state index in [-0.39, 0.29) is 11.7 Å². The Hall–Kier alpha value is -0.860. The van der Waals surface area contributed by atoms with E-state index >= 15 is 0 Å². The fraction of sp³-hybridized carbons (Fsp3) is 0.700. The number of hydrogen-bond acceptors (Lipinski definition) is 2. The van der Waals surface area contributed by atoms with E-state index in [0.29, 0.717) is 18.3 Å². The molecule has 0 saturated carbocycles. The number of aliphatic hydroxyl groups is 1. The molecule has 124 valence electrons. The van der Waals surface area contributed by atoms with E-state index in [1.165, 1.54) is 5.57 Å². The van der Waals surface area contributed by atoms with Crippen molar-refractivity contribution in [3.8, 4) is 0 Å². The predicted molar refractivity (Wildman–Crippen MR) is 92.7 cm³/mol. The van der Waals surface area contributed by atoms with E-state index in [0.717, 1.165) is 19.3 Å². The van der Waals surface area contributed by atoms with Gasteiger partial charge in [0.05, 0.1) is 17.3 Å². The highest BCUT2D eigenvalue weighted by atomic mass is 16.5. The smallest absolute Gasteiger partial charge is 0.0843 e. The molecular weight excluding hydrogens is 272 g/mol. The summed E-state index contributed by atoms with van der Waals surface area (Å²) in [6, 6.07) is 0. The minimum absolute atomic E-state index is 0.189.